The van der Waals surface area contributed by atoms with Gasteiger partial charge in [-0.3, -0.25) is 4.79 Å². The van der Waals surface area contributed by atoms with E-state index in [2.05, 4.69) is 25.6 Å². The van der Waals surface area contributed by atoms with Crippen LogP contribution in [0.25, 0.3) is 11.2 Å². The van der Waals surface area contributed by atoms with Crippen LogP contribution in [0.1, 0.15) is 6.92 Å². The molecule has 0 atom stereocenters. The molecular formula is C17H19N7OS. The molecule has 8 nitrogen and oxygen atoms in total. The lowest BCUT2D eigenvalue weighted by molar-refractivity contribution is -0.120. The number of aryl methyl sites for hydroxylation is 1. The van der Waals surface area contributed by atoms with Gasteiger partial charge in [-0.1, -0.05) is 5.21 Å². The first kappa shape index (κ1) is 16.8. The number of nitrogens with zero attached hydrogens (tertiary/aromatic N) is 6. The predicted molar refractivity (Wildman–Crippen MR) is 101 cm³/mol. The number of carbonyl (C=O) groups is 1. The summed E-state index contributed by atoms with van der Waals surface area (Å²) in [5, 5.41) is 11.3. The van der Waals surface area contributed by atoms with Crippen molar-refractivity contribution >= 4 is 40.3 Å². The van der Waals surface area contributed by atoms with E-state index in [0.717, 1.165) is 17.2 Å². The molecule has 0 spiro atoms. The van der Waals surface area contributed by atoms with Crippen molar-refractivity contribution < 1.29 is 4.79 Å². The van der Waals surface area contributed by atoms with Crippen LogP contribution in [0.2, 0.25) is 0 Å². The SMILES string of the molecule is CCn1nnc2c(N3CC(C(=O)Nc4ccc(SC)cc4)C3)ncnc21. The number of thioether (sulfide) groups is 1. The maximum atomic E-state index is 12.4. The smallest absolute Gasteiger partial charge is 0.231 e. The Morgan fingerprint density at radius 1 is 1.27 bits per heavy atom. The van der Waals surface area contributed by atoms with Gasteiger partial charge in [0.25, 0.3) is 0 Å². The van der Waals surface area contributed by atoms with Crippen LogP contribution >= 0.6 is 11.8 Å². The minimum atomic E-state index is -0.0681. The largest absolute Gasteiger partial charge is 0.353 e. The Balaban J connectivity index is 1.42. The van der Waals surface area contributed by atoms with E-state index in [1.165, 1.54) is 11.2 Å². The minimum Gasteiger partial charge on any atom is -0.353 e. The molecule has 9 heteroatoms. The van der Waals surface area contributed by atoms with Crippen molar-refractivity contribution in [2.75, 3.05) is 29.6 Å². The predicted octanol–water partition coefficient (Wildman–Crippen LogP) is 2.04. The van der Waals surface area contributed by atoms with Crippen LogP contribution in [0.4, 0.5) is 11.5 Å². The van der Waals surface area contributed by atoms with E-state index in [1.807, 2.05) is 42.3 Å². The maximum Gasteiger partial charge on any atom is 0.231 e. The zero-order valence-electron chi connectivity index (χ0n) is 14.6. The zero-order valence-corrected chi connectivity index (χ0v) is 15.4. The lowest BCUT2D eigenvalue weighted by atomic mass is 9.99. The zero-order chi connectivity index (χ0) is 18.1. The van der Waals surface area contributed by atoms with Gasteiger partial charge in [0.2, 0.25) is 5.91 Å². The molecule has 1 N–H and O–H groups in total. The van der Waals surface area contributed by atoms with Crippen LogP contribution in [0.15, 0.2) is 35.5 Å². The van der Waals surface area contributed by atoms with E-state index >= 15 is 0 Å². The molecule has 4 rings (SSSR count). The summed E-state index contributed by atoms with van der Waals surface area (Å²) in [4.78, 5) is 24.2. The van der Waals surface area contributed by atoms with Crippen molar-refractivity contribution in [3.05, 3.63) is 30.6 Å². The van der Waals surface area contributed by atoms with Crippen LogP contribution in [0.3, 0.4) is 0 Å². The monoisotopic (exact) mass is 369 g/mol. The second-order valence-corrected chi connectivity index (χ2v) is 6.97. The standard InChI is InChI=1S/C17H19N7OS/c1-3-24-16-14(21-22-24)15(18-10-19-16)23-8-11(9-23)17(25)20-12-4-6-13(26-2)7-5-12/h4-7,10-11H,3,8-9H2,1-2H3,(H,20,25). The second kappa shape index (κ2) is 6.91. The number of amides is 1. The molecule has 2 aromatic heterocycles. The third kappa shape index (κ3) is 2.98. The Kier molecular flexibility index (Phi) is 4.46. The maximum absolute atomic E-state index is 12.4. The number of rotatable bonds is 5. The average Bonchev–Trinajstić information content (AvgIpc) is 3.05. The number of fused-ring (bicyclic) bond motifs is 1. The van der Waals surface area contributed by atoms with Gasteiger partial charge in [-0.05, 0) is 37.4 Å². The van der Waals surface area contributed by atoms with Gasteiger partial charge in [-0.25, -0.2) is 14.6 Å². The normalized spacial score (nSPS) is 14.5. The second-order valence-electron chi connectivity index (χ2n) is 6.09. The van der Waals surface area contributed by atoms with Crippen molar-refractivity contribution in [3.63, 3.8) is 0 Å². The first-order valence-corrected chi connectivity index (χ1v) is 9.66. The van der Waals surface area contributed by atoms with Crippen molar-refractivity contribution in [1.29, 1.82) is 0 Å². The summed E-state index contributed by atoms with van der Waals surface area (Å²) in [6.45, 7) is 3.92. The summed E-state index contributed by atoms with van der Waals surface area (Å²) < 4.78 is 1.74. The highest BCUT2D eigenvalue weighted by atomic mass is 32.2. The fourth-order valence-corrected chi connectivity index (χ4v) is 3.37. The Hall–Kier alpha value is -2.68. The first-order valence-electron chi connectivity index (χ1n) is 8.43. The summed E-state index contributed by atoms with van der Waals surface area (Å²) >= 11 is 1.68. The molecule has 0 saturated carbocycles. The fourth-order valence-electron chi connectivity index (χ4n) is 2.96. The molecule has 1 fully saturated rings. The lowest BCUT2D eigenvalue weighted by Crippen LogP contribution is -2.52. The Morgan fingerprint density at radius 2 is 2.04 bits per heavy atom. The molecule has 1 amide bonds. The molecule has 1 aliphatic rings. The quantitative estimate of drug-likeness (QED) is 0.688. The van der Waals surface area contributed by atoms with Gasteiger partial charge < -0.3 is 10.2 Å². The molecule has 0 unspecified atom stereocenters. The summed E-state index contributed by atoms with van der Waals surface area (Å²) in [5.41, 5.74) is 2.22. The van der Waals surface area contributed by atoms with E-state index in [-0.39, 0.29) is 11.8 Å². The highest BCUT2D eigenvalue weighted by molar-refractivity contribution is 7.98. The van der Waals surface area contributed by atoms with Gasteiger partial charge >= 0.3 is 0 Å². The minimum absolute atomic E-state index is 0.0284. The van der Waals surface area contributed by atoms with E-state index in [0.29, 0.717) is 25.2 Å². The number of anilines is 2. The summed E-state index contributed by atoms with van der Waals surface area (Å²) in [5.74, 6) is 0.699. The summed E-state index contributed by atoms with van der Waals surface area (Å²) in [6, 6.07) is 7.86. The van der Waals surface area contributed by atoms with Gasteiger partial charge in [-0.15, -0.1) is 16.9 Å². The Labute approximate surface area is 155 Å². The molecule has 0 bridgehead atoms. The third-order valence-corrected chi connectivity index (χ3v) is 5.23. The van der Waals surface area contributed by atoms with Gasteiger partial charge in [-0.2, -0.15) is 0 Å². The van der Waals surface area contributed by atoms with Gasteiger partial charge in [0, 0.05) is 30.2 Å². The van der Waals surface area contributed by atoms with Crippen molar-refractivity contribution in [2.45, 2.75) is 18.4 Å². The van der Waals surface area contributed by atoms with Crippen LogP contribution in [-0.2, 0) is 11.3 Å². The van der Waals surface area contributed by atoms with E-state index in [4.69, 9.17) is 0 Å². The van der Waals surface area contributed by atoms with Crippen LogP contribution < -0.4 is 10.2 Å². The van der Waals surface area contributed by atoms with Crippen LogP contribution in [0, 0.1) is 5.92 Å². The summed E-state index contributed by atoms with van der Waals surface area (Å²) in [6.07, 6.45) is 3.55. The number of benzene rings is 1. The number of hydrogen-bond acceptors (Lipinski definition) is 7. The van der Waals surface area contributed by atoms with Gasteiger partial charge in [0.05, 0.1) is 5.92 Å². The van der Waals surface area contributed by atoms with Gasteiger partial charge in [0.1, 0.15) is 6.33 Å². The highest BCUT2D eigenvalue weighted by Crippen LogP contribution is 2.28. The third-order valence-electron chi connectivity index (χ3n) is 4.49. The Bertz CT molecular complexity index is 934. The molecule has 1 aliphatic heterocycles. The van der Waals surface area contributed by atoms with E-state index in [1.54, 1.807) is 16.4 Å². The van der Waals surface area contributed by atoms with Crippen molar-refractivity contribution in [1.82, 2.24) is 25.0 Å². The molecule has 1 aromatic carbocycles. The number of hydrogen-bond donors (Lipinski definition) is 1. The molecule has 0 radical (unpaired) electrons. The van der Waals surface area contributed by atoms with E-state index in [9.17, 15) is 4.79 Å². The van der Waals surface area contributed by atoms with Crippen molar-refractivity contribution in [2.24, 2.45) is 5.92 Å². The highest BCUT2D eigenvalue weighted by Gasteiger charge is 2.35. The lowest BCUT2D eigenvalue weighted by Gasteiger charge is -2.38. The first-order chi connectivity index (χ1) is 12.7. The van der Waals surface area contributed by atoms with Crippen LogP contribution in [-0.4, -0.2) is 50.2 Å². The number of aromatic nitrogens is 5. The molecular weight excluding hydrogens is 350 g/mol. The topological polar surface area (TPSA) is 88.8 Å². The van der Waals surface area contributed by atoms with Gasteiger partial charge in [0.15, 0.2) is 17.0 Å². The summed E-state index contributed by atoms with van der Waals surface area (Å²) in [7, 11) is 0. The fraction of sp³-hybridized carbons (Fsp3) is 0.353. The van der Waals surface area contributed by atoms with Crippen LogP contribution in [0.5, 0.6) is 0 Å². The number of carbonyl (C=O) groups excluding carboxylic acids is 1. The molecule has 134 valence electrons. The molecule has 26 heavy (non-hydrogen) atoms. The van der Waals surface area contributed by atoms with Crippen molar-refractivity contribution in [3.8, 4) is 0 Å². The number of nitrogens with one attached hydrogen (secondary N) is 1. The van der Waals surface area contributed by atoms with E-state index < -0.39 is 0 Å². The Morgan fingerprint density at radius 3 is 2.73 bits per heavy atom. The molecule has 3 heterocycles. The average molecular weight is 369 g/mol. The molecule has 1 saturated heterocycles. The molecule has 0 aliphatic carbocycles. The molecule has 3 aromatic rings.